The number of hydrogen-bond acceptors (Lipinski definition) is 3. The lowest BCUT2D eigenvalue weighted by atomic mass is 10.1. The van der Waals surface area contributed by atoms with Gasteiger partial charge in [0.25, 0.3) is 5.91 Å². The number of aryl methyl sites for hydroxylation is 2. The van der Waals surface area contributed by atoms with E-state index < -0.39 is 0 Å². The third kappa shape index (κ3) is 4.65. The summed E-state index contributed by atoms with van der Waals surface area (Å²) in [5.41, 5.74) is 5.56. The standard InChI is InChI=1S/C24H25N3O/c1-18-5-11-21(12-6-18)25-17-27(23-13-7-19(2)8-14-23)24(28)20-9-15-22(16-10-20)26(3)4/h5-17H,1-4H3. The Labute approximate surface area is 166 Å². The molecule has 3 aromatic carbocycles. The Morgan fingerprint density at radius 1 is 0.750 bits per heavy atom. The average molecular weight is 371 g/mol. The normalized spacial score (nSPS) is 10.9. The molecule has 0 N–H and O–H groups in total. The summed E-state index contributed by atoms with van der Waals surface area (Å²) >= 11 is 0. The van der Waals surface area contributed by atoms with Gasteiger partial charge in [-0.1, -0.05) is 35.4 Å². The highest BCUT2D eigenvalue weighted by Crippen LogP contribution is 2.20. The van der Waals surface area contributed by atoms with E-state index in [9.17, 15) is 4.79 Å². The minimum Gasteiger partial charge on any atom is -0.378 e. The summed E-state index contributed by atoms with van der Waals surface area (Å²) in [5, 5.41) is 0. The highest BCUT2D eigenvalue weighted by Gasteiger charge is 2.16. The molecular formula is C24H25N3O. The molecule has 4 heteroatoms. The Balaban J connectivity index is 1.94. The van der Waals surface area contributed by atoms with Gasteiger partial charge in [0.05, 0.1) is 11.4 Å². The SMILES string of the molecule is Cc1ccc(N=CN(C(=O)c2ccc(N(C)C)cc2)c2ccc(C)cc2)cc1. The molecule has 0 atom stereocenters. The number of benzene rings is 3. The Morgan fingerprint density at radius 2 is 1.25 bits per heavy atom. The number of amides is 1. The van der Waals surface area contributed by atoms with Crippen LogP contribution in [0.4, 0.5) is 17.1 Å². The van der Waals surface area contributed by atoms with Crippen LogP contribution >= 0.6 is 0 Å². The van der Waals surface area contributed by atoms with E-state index in [0.29, 0.717) is 5.56 Å². The van der Waals surface area contributed by atoms with E-state index in [1.54, 1.807) is 11.2 Å². The quantitative estimate of drug-likeness (QED) is 0.446. The lowest BCUT2D eigenvalue weighted by Gasteiger charge is -2.19. The Kier molecular flexibility index (Phi) is 5.90. The second kappa shape index (κ2) is 8.53. The van der Waals surface area contributed by atoms with Crippen molar-refractivity contribution in [2.24, 2.45) is 4.99 Å². The van der Waals surface area contributed by atoms with E-state index in [0.717, 1.165) is 22.6 Å². The number of carbonyl (C=O) groups is 1. The second-order valence-electron chi connectivity index (χ2n) is 7.03. The van der Waals surface area contributed by atoms with Crippen molar-refractivity contribution in [2.45, 2.75) is 13.8 Å². The molecule has 0 fully saturated rings. The number of aliphatic imine (C=N–C) groups is 1. The molecule has 0 unspecified atom stereocenters. The molecule has 0 spiro atoms. The van der Waals surface area contributed by atoms with Gasteiger partial charge in [-0.2, -0.15) is 0 Å². The molecule has 142 valence electrons. The molecule has 0 saturated heterocycles. The van der Waals surface area contributed by atoms with E-state index in [1.807, 2.05) is 106 Å². The average Bonchev–Trinajstić information content (AvgIpc) is 2.70. The zero-order chi connectivity index (χ0) is 20.1. The molecule has 3 rings (SSSR count). The number of anilines is 2. The molecule has 0 aromatic heterocycles. The predicted octanol–water partition coefficient (Wildman–Crippen LogP) is 5.38. The Bertz CT molecular complexity index is 956. The molecule has 3 aromatic rings. The van der Waals surface area contributed by atoms with Crippen LogP contribution in [0.15, 0.2) is 77.8 Å². The van der Waals surface area contributed by atoms with Crippen molar-refractivity contribution in [2.75, 3.05) is 23.9 Å². The van der Waals surface area contributed by atoms with Gasteiger partial charge in [0.15, 0.2) is 0 Å². The van der Waals surface area contributed by atoms with Crippen LogP contribution in [-0.4, -0.2) is 26.3 Å². The lowest BCUT2D eigenvalue weighted by Crippen LogP contribution is -2.29. The summed E-state index contributed by atoms with van der Waals surface area (Å²) in [4.78, 5) is 21.3. The van der Waals surface area contributed by atoms with E-state index in [4.69, 9.17) is 0 Å². The van der Waals surface area contributed by atoms with Crippen molar-refractivity contribution in [3.05, 3.63) is 89.5 Å². The van der Waals surface area contributed by atoms with E-state index in [-0.39, 0.29) is 5.91 Å². The first-order valence-electron chi connectivity index (χ1n) is 9.22. The molecular weight excluding hydrogens is 346 g/mol. The maximum absolute atomic E-state index is 13.2. The summed E-state index contributed by atoms with van der Waals surface area (Å²) in [5.74, 6) is -0.120. The first kappa shape index (κ1) is 19.4. The fraction of sp³-hybridized carbons (Fsp3) is 0.167. The van der Waals surface area contributed by atoms with E-state index >= 15 is 0 Å². The maximum atomic E-state index is 13.2. The summed E-state index contributed by atoms with van der Waals surface area (Å²) in [6, 6.07) is 23.3. The van der Waals surface area contributed by atoms with Crippen LogP contribution < -0.4 is 9.80 Å². The van der Waals surface area contributed by atoms with E-state index in [2.05, 4.69) is 4.99 Å². The maximum Gasteiger partial charge on any atom is 0.263 e. The molecule has 0 heterocycles. The summed E-state index contributed by atoms with van der Waals surface area (Å²) < 4.78 is 0. The van der Waals surface area contributed by atoms with Crippen LogP contribution in [0.25, 0.3) is 0 Å². The molecule has 0 bridgehead atoms. The zero-order valence-electron chi connectivity index (χ0n) is 16.8. The fourth-order valence-electron chi connectivity index (χ4n) is 2.74. The number of carbonyl (C=O) groups excluding carboxylic acids is 1. The summed E-state index contributed by atoms with van der Waals surface area (Å²) in [6.07, 6.45) is 1.59. The third-order valence-corrected chi connectivity index (χ3v) is 4.52. The molecule has 28 heavy (non-hydrogen) atoms. The van der Waals surface area contributed by atoms with Gasteiger partial charge in [-0.15, -0.1) is 0 Å². The van der Waals surface area contributed by atoms with Gasteiger partial charge in [0.2, 0.25) is 0 Å². The Morgan fingerprint density at radius 3 is 1.79 bits per heavy atom. The molecule has 0 saturated carbocycles. The van der Waals surface area contributed by atoms with E-state index in [1.165, 1.54) is 5.56 Å². The number of hydrogen-bond donors (Lipinski definition) is 0. The van der Waals surface area contributed by atoms with Gasteiger partial charge < -0.3 is 4.90 Å². The van der Waals surface area contributed by atoms with Gasteiger partial charge in [0.1, 0.15) is 6.34 Å². The van der Waals surface area contributed by atoms with Crippen molar-refractivity contribution in [1.29, 1.82) is 0 Å². The van der Waals surface area contributed by atoms with Crippen LogP contribution in [0.3, 0.4) is 0 Å². The number of nitrogens with zero attached hydrogens (tertiary/aromatic N) is 3. The zero-order valence-corrected chi connectivity index (χ0v) is 16.8. The molecule has 0 aliphatic rings. The van der Waals surface area contributed by atoms with Crippen molar-refractivity contribution >= 4 is 29.3 Å². The first-order chi connectivity index (χ1) is 13.4. The topological polar surface area (TPSA) is 35.9 Å². The molecule has 4 nitrogen and oxygen atoms in total. The summed E-state index contributed by atoms with van der Waals surface area (Å²) in [6.45, 7) is 4.06. The minimum absolute atomic E-state index is 0.120. The monoisotopic (exact) mass is 371 g/mol. The minimum atomic E-state index is -0.120. The molecule has 0 radical (unpaired) electrons. The van der Waals surface area contributed by atoms with Gasteiger partial charge >= 0.3 is 0 Å². The van der Waals surface area contributed by atoms with Gasteiger partial charge in [-0.3, -0.25) is 9.69 Å². The van der Waals surface area contributed by atoms with Crippen LogP contribution in [-0.2, 0) is 0 Å². The predicted molar refractivity (Wildman–Crippen MR) is 118 cm³/mol. The van der Waals surface area contributed by atoms with Crippen molar-refractivity contribution in [1.82, 2.24) is 0 Å². The first-order valence-corrected chi connectivity index (χ1v) is 9.22. The highest BCUT2D eigenvalue weighted by atomic mass is 16.2. The molecule has 0 aliphatic carbocycles. The summed E-state index contributed by atoms with van der Waals surface area (Å²) in [7, 11) is 3.95. The highest BCUT2D eigenvalue weighted by molar-refractivity contribution is 6.16. The largest absolute Gasteiger partial charge is 0.378 e. The second-order valence-corrected chi connectivity index (χ2v) is 7.03. The van der Waals surface area contributed by atoms with Gasteiger partial charge in [0, 0.05) is 25.3 Å². The van der Waals surface area contributed by atoms with Crippen molar-refractivity contribution < 1.29 is 4.79 Å². The number of rotatable bonds is 5. The third-order valence-electron chi connectivity index (χ3n) is 4.52. The van der Waals surface area contributed by atoms with Crippen molar-refractivity contribution in [3.8, 4) is 0 Å². The van der Waals surface area contributed by atoms with Crippen LogP contribution in [0, 0.1) is 13.8 Å². The molecule has 0 aliphatic heterocycles. The Hall–Kier alpha value is -3.40. The van der Waals surface area contributed by atoms with Gasteiger partial charge in [-0.05, 0) is 62.4 Å². The smallest absolute Gasteiger partial charge is 0.263 e. The molecule has 1 amide bonds. The van der Waals surface area contributed by atoms with Gasteiger partial charge in [-0.25, -0.2) is 4.99 Å². The lowest BCUT2D eigenvalue weighted by molar-refractivity contribution is 0.100. The van der Waals surface area contributed by atoms with Crippen LogP contribution in [0.5, 0.6) is 0 Å². The van der Waals surface area contributed by atoms with Crippen molar-refractivity contribution in [3.63, 3.8) is 0 Å². The van der Waals surface area contributed by atoms with Crippen LogP contribution in [0.2, 0.25) is 0 Å². The fourth-order valence-corrected chi connectivity index (χ4v) is 2.74. The van der Waals surface area contributed by atoms with Crippen LogP contribution in [0.1, 0.15) is 21.5 Å².